The minimum absolute atomic E-state index is 0.00543. The fourth-order valence-corrected chi connectivity index (χ4v) is 2.25. The number of anilines is 1. The summed E-state index contributed by atoms with van der Waals surface area (Å²) in [6.07, 6.45) is -1.13. The van der Waals surface area contributed by atoms with Crippen molar-refractivity contribution in [3.8, 4) is 11.5 Å². The predicted molar refractivity (Wildman–Crippen MR) is 94.6 cm³/mol. The molecule has 0 fully saturated rings. The zero-order valence-electron chi connectivity index (χ0n) is 14.4. The summed E-state index contributed by atoms with van der Waals surface area (Å²) in [5.74, 6) is -1.72. The number of para-hydroxylation sites is 1. The van der Waals surface area contributed by atoms with Crippen LogP contribution in [0.25, 0.3) is 0 Å². The van der Waals surface area contributed by atoms with Gasteiger partial charge in [-0.05, 0) is 37.3 Å². The van der Waals surface area contributed by atoms with Gasteiger partial charge in [-0.3, -0.25) is 4.79 Å². The van der Waals surface area contributed by atoms with Crippen molar-refractivity contribution in [2.75, 3.05) is 12.4 Å². The van der Waals surface area contributed by atoms with Crippen LogP contribution in [0.1, 0.15) is 17.3 Å². The quantitative estimate of drug-likeness (QED) is 0.708. The third-order valence-corrected chi connectivity index (χ3v) is 3.73. The standard InChI is InChI=1S/C18H16ClF2NO5/c1-10(16(23)22-13-6-4-3-5-12(13)19)26-17(24)11-7-8-14(27-18(20)21)15(9-11)25-2/h3-10,18H,1-2H3,(H,22,23)/t10-/m0/s1. The first-order chi connectivity index (χ1) is 12.8. The van der Waals surface area contributed by atoms with Gasteiger partial charge in [-0.1, -0.05) is 23.7 Å². The van der Waals surface area contributed by atoms with Gasteiger partial charge >= 0.3 is 12.6 Å². The minimum Gasteiger partial charge on any atom is -0.493 e. The second kappa shape index (κ2) is 9.18. The van der Waals surface area contributed by atoms with Gasteiger partial charge in [-0.15, -0.1) is 0 Å². The van der Waals surface area contributed by atoms with Gasteiger partial charge in [0.25, 0.3) is 5.91 Å². The van der Waals surface area contributed by atoms with Gasteiger partial charge < -0.3 is 19.5 Å². The summed E-state index contributed by atoms with van der Waals surface area (Å²) >= 11 is 5.96. The topological polar surface area (TPSA) is 73.9 Å². The molecule has 6 nitrogen and oxygen atoms in total. The number of halogens is 3. The zero-order chi connectivity index (χ0) is 20.0. The van der Waals surface area contributed by atoms with Crippen LogP contribution >= 0.6 is 11.6 Å². The van der Waals surface area contributed by atoms with Gasteiger partial charge in [0.15, 0.2) is 17.6 Å². The van der Waals surface area contributed by atoms with E-state index in [-0.39, 0.29) is 17.1 Å². The lowest BCUT2D eigenvalue weighted by atomic mass is 10.2. The summed E-state index contributed by atoms with van der Waals surface area (Å²) in [6, 6.07) is 10.1. The molecule has 0 saturated heterocycles. The largest absolute Gasteiger partial charge is 0.493 e. The van der Waals surface area contributed by atoms with E-state index < -0.39 is 24.6 Å². The number of ether oxygens (including phenoxy) is 3. The maximum absolute atomic E-state index is 12.3. The van der Waals surface area contributed by atoms with Crippen molar-refractivity contribution in [3.63, 3.8) is 0 Å². The van der Waals surface area contributed by atoms with Gasteiger partial charge in [0.05, 0.1) is 23.4 Å². The molecule has 0 spiro atoms. The summed E-state index contributed by atoms with van der Waals surface area (Å²) < 4.78 is 39.0. The Labute approximate surface area is 159 Å². The summed E-state index contributed by atoms with van der Waals surface area (Å²) in [5.41, 5.74) is 0.382. The SMILES string of the molecule is COc1cc(C(=O)O[C@@H](C)C(=O)Nc2ccccc2Cl)ccc1OC(F)F. The molecule has 0 heterocycles. The van der Waals surface area contributed by atoms with Gasteiger partial charge in [-0.2, -0.15) is 8.78 Å². The molecule has 0 aromatic heterocycles. The number of hydrogen-bond donors (Lipinski definition) is 1. The lowest BCUT2D eigenvalue weighted by Crippen LogP contribution is -2.30. The highest BCUT2D eigenvalue weighted by atomic mass is 35.5. The van der Waals surface area contributed by atoms with Crippen molar-refractivity contribution in [1.82, 2.24) is 0 Å². The van der Waals surface area contributed by atoms with Crippen LogP contribution in [0.15, 0.2) is 42.5 Å². The van der Waals surface area contributed by atoms with Crippen LogP contribution in [0.4, 0.5) is 14.5 Å². The van der Waals surface area contributed by atoms with E-state index in [0.717, 1.165) is 6.07 Å². The van der Waals surface area contributed by atoms with E-state index >= 15 is 0 Å². The average Bonchev–Trinajstić information content (AvgIpc) is 2.63. The number of nitrogens with one attached hydrogen (secondary N) is 1. The molecule has 27 heavy (non-hydrogen) atoms. The molecule has 1 amide bonds. The third-order valence-electron chi connectivity index (χ3n) is 3.40. The monoisotopic (exact) mass is 399 g/mol. The molecule has 0 aliphatic rings. The summed E-state index contributed by atoms with van der Waals surface area (Å²) in [5, 5.41) is 2.88. The van der Waals surface area contributed by atoms with E-state index in [9.17, 15) is 18.4 Å². The van der Waals surface area contributed by atoms with Crippen LogP contribution < -0.4 is 14.8 Å². The Morgan fingerprint density at radius 1 is 1.11 bits per heavy atom. The smallest absolute Gasteiger partial charge is 0.387 e. The normalized spacial score (nSPS) is 11.6. The first-order valence-electron chi connectivity index (χ1n) is 7.71. The van der Waals surface area contributed by atoms with E-state index in [0.29, 0.717) is 10.7 Å². The lowest BCUT2D eigenvalue weighted by Gasteiger charge is -2.15. The van der Waals surface area contributed by atoms with E-state index in [1.54, 1.807) is 24.3 Å². The highest BCUT2D eigenvalue weighted by Gasteiger charge is 2.21. The Kier molecular flexibility index (Phi) is 6.95. The summed E-state index contributed by atoms with van der Waals surface area (Å²) in [4.78, 5) is 24.4. The van der Waals surface area contributed by atoms with Gasteiger partial charge in [0.1, 0.15) is 0 Å². The highest BCUT2D eigenvalue weighted by Crippen LogP contribution is 2.30. The molecule has 144 valence electrons. The second-order valence-corrected chi connectivity index (χ2v) is 5.67. The fourth-order valence-electron chi connectivity index (χ4n) is 2.07. The molecule has 9 heteroatoms. The van der Waals surface area contributed by atoms with Crippen LogP contribution in [0.3, 0.4) is 0 Å². The number of hydrogen-bond acceptors (Lipinski definition) is 5. The first-order valence-corrected chi connectivity index (χ1v) is 8.09. The Balaban J connectivity index is 2.05. The molecule has 0 aliphatic heterocycles. The Bertz CT molecular complexity index is 831. The second-order valence-electron chi connectivity index (χ2n) is 5.26. The van der Waals surface area contributed by atoms with E-state index in [1.165, 1.54) is 26.2 Å². The highest BCUT2D eigenvalue weighted by molar-refractivity contribution is 6.33. The molecule has 0 unspecified atom stereocenters. The molecular formula is C18H16ClF2NO5. The number of rotatable bonds is 7. The van der Waals surface area contributed by atoms with Crippen LogP contribution in [0.2, 0.25) is 5.02 Å². The minimum atomic E-state index is -3.04. The Morgan fingerprint density at radius 2 is 1.81 bits per heavy atom. The van der Waals surface area contributed by atoms with Crippen LogP contribution in [0.5, 0.6) is 11.5 Å². The van der Waals surface area contributed by atoms with Crippen molar-refractivity contribution in [2.45, 2.75) is 19.6 Å². The maximum atomic E-state index is 12.3. The van der Waals surface area contributed by atoms with Crippen molar-refractivity contribution >= 4 is 29.2 Å². The first kappa shape index (κ1) is 20.4. The number of methoxy groups -OCH3 is 1. The summed E-state index contributed by atoms with van der Waals surface area (Å²) in [7, 11) is 1.24. The van der Waals surface area contributed by atoms with Crippen LogP contribution in [-0.4, -0.2) is 31.7 Å². The van der Waals surface area contributed by atoms with Crippen LogP contribution in [-0.2, 0) is 9.53 Å². The van der Waals surface area contributed by atoms with Gasteiger partial charge in [0.2, 0.25) is 0 Å². The van der Waals surface area contributed by atoms with Crippen molar-refractivity contribution in [3.05, 3.63) is 53.1 Å². The van der Waals surface area contributed by atoms with Crippen molar-refractivity contribution in [2.24, 2.45) is 0 Å². The number of carbonyl (C=O) groups excluding carboxylic acids is 2. The molecule has 2 aromatic rings. The van der Waals surface area contributed by atoms with E-state index in [1.807, 2.05) is 0 Å². The van der Waals surface area contributed by atoms with Crippen molar-refractivity contribution in [1.29, 1.82) is 0 Å². The fraction of sp³-hybridized carbons (Fsp3) is 0.222. The number of benzene rings is 2. The molecule has 0 saturated carbocycles. The van der Waals surface area contributed by atoms with Crippen molar-refractivity contribution < 1.29 is 32.6 Å². The molecule has 0 bridgehead atoms. The predicted octanol–water partition coefficient (Wildman–Crippen LogP) is 4.13. The zero-order valence-corrected chi connectivity index (χ0v) is 15.1. The van der Waals surface area contributed by atoms with Crippen LogP contribution in [0, 0.1) is 0 Å². The third kappa shape index (κ3) is 5.55. The maximum Gasteiger partial charge on any atom is 0.387 e. The number of alkyl halides is 2. The molecule has 2 rings (SSSR count). The number of carbonyl (C=O) groups is 2. The average molecular weight is 400 g/mol. The molecule has 0 radical (unpaired) electrons. The summed E-state index contributed by atoms with van der Waals surface area (Å²) in [6.45, 7) is -1.65. The lowest BCUT2D eigenvalue weighted by molar-refractivity contribution is -0.123. The molecule has 1 atom stereocenters. The van der Waals surface area contributed by atoms with E-state index in [4.69, 9.17) is 21.1 Å². The van der Waals surface area contributed by atoms with E-state index in [2.05, 4.69) is 10.1 Å². The molecule has 1 N–H and O–H groups in total. The van der Waals surface area contributed by atoms with Gasteiger partial charge in [-0.25, -0.2) is 4.79 Å². The number of amides is 1. The van der Waals surface area contributed by atoms with Gasteiger partial charge in [0, 0.05) is 0 Å². The number of esters is 1. The molecule has 2 aromatic carbocycles. The Hall–Kier alpha value is -2.87. The molecule has 0 aliphatic carbocycles. The Morgan fingerprint density at radius 3 is 2.44 bits per heavy atom. The molecular weight excluding hydrogens is 384 g/mol.